The van der Waals surface area contributed by atoms with Gasteiger partial charge in [-0.25, -0.2) is 0 Å². The molecule has 0 spiro atoms. The minimum absolute atomic E-state index is 0.0593. The predicted octanol–water partition coefficient (Wildman–Crippen LogP) is 2.69. The van der Waals surface area contributed by atoms with Crippen LogP contribution in [0, 0.1) is 11.8 Å². The maximum atomic E-state index is 12.3. The van der Waals surface area contributed by atoms with E-state index in [4.69, 9.17) is 4.74 Å². The molecule has 2 aliphatic rings. The van der Waals surface area contributed by atoms with E-state index >= 15 is 0 Å². The number of ketones is 2. The van der Waals surface area contributed by atoms with E-state index in [2.05, 4.69) is 0 Å². The van der Waals surface area contributed by atoms with E-state index in [1.807, 2.05) is 13.8 Å². The SMILES string of the molecule is CC[C@H](C)C(=O)CC1C2=COC(C)=CC2=CC(=O)[C@]1(C)O. The van der Waals surface area contributed by atoms with E-state index in [0.717, 1.165) is 17.6 Å². The fourth-order valence-corrected chi connectivity index (χ4v) is 2.67. The Morgan fingerprint density at radius 3 is 2.76 bits per heavy atom. The Morgan fingerprint density at radius 1 is 1.48 bits per heavy atom. The van der Waals surface area contributed by atoms with Crippen LogP contribution in [0.25, 0.3) is 0 Å². The first-order valence-corrected chi connectivity index (χ1v) is 7.34. The second-order valence-electron chi connectivity index (χ2n) is 6.09. The van der Waals surface area contributed by atoms with Gasteiger partial charge in [0.05, 0.1) is 6.26 Å². The number of aliphatic hydroxyl groups is 1. The molecule has 4 heteroatoms. The third-order valence-corrected chi connectivity index (χ3v) is 4.47. The lowest BCUT2D eigenvalue weighted by molar-refractivity contribution is -0.137. The molecule has 0 saturated heterocycles. The van der Waals surface area contributed by atoms with Gasteiger partial charge in [-0.05, 0) is 38.0 Å². The van der Waals surface area contributed by atoms with E-state index in [1.165, 1.54) is 13.0 Å². The van der Waals surface area contributed by atoms with Crippen LogP contribution in [0.3, 0.4) is 0 Å². The zero-order valence-electron chi connectivity index (χ0n) is 13.0. The van der Waals surface area contributed by atoms with Crippen molar-refractivity contribution in [3.8, 4) is 0 Å². The van der Waals surface area contributed by atoms with Crippen molar-refractivity contribution in [3.05, 3.63) is 35.3 Å². The molecule has 0 bridgehead atoms. The lowest BCUT2D eigenvalue weighted by Crippen LogP contribution is -2.47. The summed E-state index contributed by atoms with van der Waals surface area (Å²) in [6, 6.07) is 0. The smallest absolute Gasteiger partial charge is 0.188 e. The van der Waals surface area contributed by atoms with Gasteiger partial charge in [0, 0.05) is 23.8 Å². The third-order valence-electron chi connectivity index (χ3n) is 4.47. The van der Waals surface area contributed by atoms with Gasteiger partial charge < -0.3 is 9.84 Å². The lowest BCUT2D eigenvalue weighted by atomic mass is 9.70. The van der Waals surface area contributed by atoms with Gasteiger partial charge in [-0.2, -0.15) is 0 Å². The van der Waals surface area contributed by atoms with Crippen molar-refractivity contribution in [1.82, 2.24) is 0 Å². The highest BCUT2D eigenvalue weighted by molar-refractivity contribution is 6.01. The van der Waals surface area contributed by atoms with Crippen LogP contribution >= 0.6 is 0 Å². The quantitative estimate of drug-likeness (QED) is 0.864. The normalized spacial score (nSPS) is 29.7. The zero-order chi connectivity index (χ0) is 15.8. The Hall–Kier alpha value is -1.68. The van der Waals surface area contributed by atoms with E-state index in [-0.39, 0.29) is 23.9 Å². The van der Waals surface area contributed by atoms with Crippen LogP contribution < -0.4 is 0 Å². The van der Waals surface area contributed by atoms with E-state index < -0.39 is 11.5 Å². The maximum absolute atomic E-state index is 12.3. The standard InChI is InChI=1S/C17H22O4/c1-5-10(2)15(18)8-14-13-9-21-11(3)6-12(13)7-16(19)17(14,4)20/h6-7,9-10,14,20H,5,8H2,1-4H3/t10-,14?,17+/m0/s1. The van der Waals surface area contributed by atoms with Crippen molar-refractivity contribution in [3.63, 3.8) is 0 Å². The number of Topliss-reactive ketones (excluding diaryl/α,β-unsaturated/α-hetero) is 1. The number of hydrogen-bond donors (Lipinski definition) is 1. The first-order chi connectivity index (χ1) is 9.77. The summed E-state index contributed by atoms with van der Waals surface area (Å²) in [6.45, 7) is 7.09. The highest BCUT2D eigenvalue weighted by Gasteiger charge is 2.46. The molecule has 0 amide bonds. The molecule has 0 fully saturated rings. The van der Waals surface area contributed by atoms with Crippen LogP contribution in [0.15, 0.2) is 35.3 Å². The van der Waals surface area contributed by atoms with Crippen molar-refractivity contribution in [2.45, 2.75) is 46.1 Å². The number of hydrogen-bond acceptors (Lipinski definition) is 4. The second kappa shape index (κ2) is 5.60. The van der Waals surface area contributed by atoms with Crippen molar-refractivity contribution < 1.29 is 19.4 Å². The minimum atomic E-state index is -1.57. The van der Waals surface area contributed by atoms with Gasteiger partial charge in [0.25, 0.3) is 0 Å². The molecule has 1 unspecified atom stereocenters. The fraction of sp³-hybridized carbons (Fsp3) is 0.529. The molecular formula is C17H22O4. The highest BCUT2D eigenvalue weighted by atomic mass is 16.5. The summed E-state index contributed by atoms with van der Waals surface area (Å²) in [4.78, 5) is 24.4. The molecule has 114 valence electrons. The zero-order valence-corrected chi connectivity index (χ0v) is 13.0. The molecule has 2 rings (SSSR count). The van der Waals surface area contributed by atoms with Crippen molar-refractivity contribution >= 4 is 11.6 Å². The number of rotatable bonds is 4. The third kappa shape index (κ3) is 2.86. The number of carbonyl (C=O) groups is 2. The van der Waals surface area contributed by atoms with Crippen molar-refractivity contribution in [2.75, 3.05) is 0 Å². The molecule has 1 heterocycles. The molecule has 0 aromatic carbocycles. The van der Waals surface area contributed by atoms with Crippen LogP contribution in [-0.2, 0) is 14.3 Å². The van der Waals surface area contributed by atoms with Gasteiger partial charge in [-0.1, -0.05) is 13.8 Å². The van der Waals surface area contributed by atoms with Crippen LogP contribution in [0.1, 0.15) is 40.5 Å². The summed E-state index contributed by atoms with van der Waals surface area (Å²) >= 11 is 0. The molecule has 3 atom stereocenters. The van der Waals surface area contributed by atoms with Gasteiger partial charge >= 0.3 is 0 Å². The molecule has 0 aromatic heterocycles. The van der Waals surface area contributed by atoms with Gasteiger partial charge in [0.1, 0.15) is 17.1 Å². The number of ether oxygens (including phenoxy) is 1. The van der Waals surface area contributed by atoms with E-state index in [0.29, 0.717) is 5.76 Å². The van der Waals surface area contributed by atoms with E-state index in [1.54, 1.807) is 19.3 Å². The van der Waals surface area contributed by atoms with Gasteiger partial charge in [-0.3, -0.25) is 9.59 Å². The molecule has 0 radical (unpaired) electrons. The first-order valence-electron chi connectivity index (χ1n) is 7.34. The molecule has 4 nitrogen and oxygen atoms in total. The lowest BCUT2D eigenvalue weighted by Gasteiger charge is -2.37. The number of carbonyl (C=O) groups excluding carboxylic acids is 2. The number of fused-ring (bicyclic) bond motifs is 1. The Bertz CT molecular complexity index is 563. The molecule has 1 aliphatic carbocycles. The fourth-order valence-electron chi connectivity index (χ4n) is 2.67. The first kappa shape index (κ1) is 15.7. The van der Waals surface area contributed by atoms with Crippen LogP contribution in [0.5, 0.6) is 0 Å². The monoisotopic (exact) mass is 290 g/mol. The Morgan fingerprint density at radius 2 is 2.14 bits per heavy atom. The van der Waals surface area contributed by atoms with Crippen LogP contribution in [0.2, 0.25) is 0 Å². The predicted molar refractivity (Wildman–Crippen MR) is 79.2 cm³/mol. The average Bonchev–Trinajstić information content (AvgIpc) is 2.43. The largest absolute Gasteiger partial charge is 0.469 e. The summed E-state index contributed by atoms with van der Waals surface area (Å²) in [7, 11) is 0. The van der Waals surface area contributed by atoms with Crippen LogP contribution in [0.4, 0.5) is 0 Å². The molecular weight excluding hydrogens is 268 g/mol. The minimum Gasteiger partial charge on any atom is -0.469 e. The van der Waals surface area contributed by atoms with Crippen LogP contribution in [-0.4, -0.2) is 22.3 Å². The second-order valence-corrected chi connectivity index (χ2v) is 6.09. The molecule has 1 aliphatic heterocycles. The summed E-state index contributed by atoms with van der Waals surface area (Å²) in [5, 5.41) is 10.5. The summed E-state index contributed by atoms with van der Waals surface area (Å²) < 4.78 is 5.40. The molecule has 0 aromatic rings. The van der Waals surface area contributed by atoms with Gasteiger partial charge in [0.15, 0.2) is 5.78 Å². The maximum Gasteiger partial charge on any atom is 0.188 e. The van der Waals surface area contributed by atoms with Gasteiger partial charge in [0.2, 0.25) is 0 Å². The van der Waals surface area contributed by atoms with E-state index in [9.17, 15) is 14.7 Å². The van der Waals surface area contributed by atoms with Gasteiger partial charge in [-0.15, -0.1) is 0 Å². The highest BCUT2D eigenvalue weighted by Crippen LogP contribution is 2.41. The summed E-state index contributed by atoms with van der Waals surface area (Å²) in [5.74, 6) is -0.249. The molecule has 1 N–H and O–H groups in total. The van der Waals surface area contributed by atoms with Crippen molar-refractivity contribution in [2.24, 2.45) is 11.8 Å². The Labute approximate surface area is 125 Å². The molecule has 21 heavy (non-hydrogen) atoms. The topological polar surface area (TPSA) is 63.6 Å². The van der Waals surface area contributed by atoms with Crippen molar-refractivity contribution in [1.29, 1.82) is 0 Å². The molecule has 0 saturated carbocycles. The summed E-state index contributed by atoms with van der Waals surface area (Å²) in [6.07, 6.45) is 5.65. The summed E-state index contributed by atoms with van der Waals surface area (Å²) in [5.41, 5.74) is -0.111. The number of allylic oxidation sites excluding steroid dienone is 3. The average molecular weight is 290 g/mol. The Balaban J connectivity index is 2.36. The Kier molecular flexibility index (Phi) is 4.19.